The lowest BCUT2D eigenvalue weighted by Gasteiger charge is -2.29. The summed E-state index contributed by atoms with van der Waals surface area (Å²) in [6.07, 6.45) is 4.44. The molecule has 0 spiro atoms. The maximum absolute atomic E-state index is 14.2. The molecule has 20 heteroatoms. The van der Waals surface area contributed by atoms with Gasteiger partial charge < -0.3 is 53.6 Å². The van der Waals surface area contributed by atoms with Gasteiger partial charge >= 0.3 is 0 Å². The fraction of sp³-hybridized carbons (Fsp3) is 0.463. The Morgan fingerprint density at radius 2 is 1.51 bits per heavy atom. The van der Waals surface area contributed by atoms with Crippen LogP contribution < -0.4 is 21.7 Å². The first kappa shape index (κ1) is 46.8. The molecular formula is C41H51BrN8O10S. The van der Waals surface area contributed by atoms with Crippen LogP contribution in [0.5, 0.6) is 0 Å². The van der Waals surface area contributed by atoms with E-state index in [0.717, 1.165) is 0 Å². The zero-order valence-electron chi connectivity index (χ0n) is 35.4. The number of hydrogen-bond donors (Lipinski definition) is 4. The maximum atomic E-state index is 14.2. The van der Waals surface area contributed by atoms with Gasteiger partial charge in [0.05, 0.1) is 17.5 Å². The second-order valence-electron chi connectivity index (χ2n) is 15.4. The van der Waals surface area contributed by atoms with Crippen molar-refractivity contribution >= 4 is 50.9 Å². The van der Waals surface area contributed by atoms with E-state index < -0.39 is 53.2 Å². The number of nitrogens with one attached hydrogen (secondary N) is 3. The van der Waals surface area contributed by atoms with Gasteiger partial charge in [-0.3, -0.25) is 14.4 Å². The predicted octanol–water partition coefficient (Wildman–Crippen LogP) is 6.07. The molecule has 0 bridgehead atoms. The molecular weight excluding hydrogens is 876 g/mol. The van der Waals surface area contributed by atoms with Gasteiger partial charge in [0.1, 0.15) is 47.6 Å². The molecule has 5 N–H and O–H groups in total. The molecule has 0 aliphatic heterocycles. The first-order chi connectivity index (χ1) is 28.9. The third-order valence-electron chi connectivity index (χ3n) is 9.59. The number of aromatic nitrogens is 4. The Balaban J connectivity index is 1.39. The number of rotatable bonds is 20. The summed E-state index contributed by atoms with van der Waals surface area (Å²) in [5.74, 6) is -3.54. The van der Waals surface area contributed by atoms with Gasteiger partial charge in [0.25, 0.3) is 17.6 Å². The minimum atomic E-state index is -1.34. The Kier molecular flexibility index (Phi) is 15.4. The van der Waals surface area contributed by atoms with E-state index in [1.807, 2.05) is 40.7 Å². The van der Waals surface area contributed by atoms with E-state index in [2.05, 4.69) is 51.8 Å². The number of oxazole rings is 4. The highest BCUT2D eigenvalue weighted by atomic mass is 79.9. The maximum Gasteiger partial charge on any atom is 0.274 e. The van der Waals surface area contributed by atoms with Crippen LogP contribution in [0.4, 0.5) is 0 Å². The number of thiocarbonyl (C=S) groups is 1. The molecule has 0 aliphatic carbocycles. The normalized spacial score (nSPS) is 14.0. The SMILES string of the molecule is CC[C@H](C)[C@@H](NC(=O)c1nc(-c2coc(C(CBr)(OC)OC)n2)oc1-c1ccccc1)C(=O)N[C@@H](C(=O)NC(COC(C)(C)C)c1nc(-c2nc(C(N)=S)co2)co1)C(C)C. The predicted molar refractivity (Wildman–Crippen MR) is 229 cm³/mol. The van der Waals surface area contributed by atoms with Crippen LogP contribution in [0.3, 0.4) is 0 Å². The summed E-state index contributed by atoms with van der Waals surface area (Å²) >= 11 is 8.35. The Morgan fingerprint density at radius 1 is 0.852 bits per heavy atom. The van der Waals surface area contributed by atoms with Crippen molar-refractivity contribution in [1.29, 1.82) is 0 Å². The van der Waals surface area contributed by atoms with E-state index in [-0.39, 0.29) is 74.9 Å². The molecule has 328 valence electrons. The Bertz CT molecular complexity index is 2270. The molecule has 0 radical (unpaired) electrons. The average Bonchev–Trinajstić information content (AvgIpc) is 4.08. The standard InChI is InChI=1S/C41H51BrN8O10S/c1-10-22(4)29(49-35(53)30-31(23-14-12-11-13-15-23)60-38(50-30)26-18-58-39(47-26)41(20-42,54-8)55-9)34(52)48-28(21(2)3)33(51)44-27(19-59-40(5,6)7)37-46-25(17-57-37)36-45-24(16-56-36)32(43)61/h11-18,21-22,27-29H,10,19-20H2,1-9H3,(H2,43,61)(H,44,51)(H,48,52)(H,49,53)/t22-,27?,28+,29+/m0/s1. The molecule has 18 nitrogen and oxygen atoms in total. The summed E-state index contributed by atoms with van der Waals surface area (Å²) in [4.78, 5) is 60.4. The lowest BCUT2D eigenvalue weighted by atomic mass is 9.96. The van der Waals surface area contributed by atoms with E-state index in [4.69, 9.17) is 49.8 Å². The number of hydrogen-bond acceptors (Lipinski definition) is 15. The number of amides is 3. The van der Waals surface area contributed by atoms with Crippen LogP contribution in [0.15, 0.2) is 66.8 Å². The van der Waals surface area contributed by atoms with E-state index in [9.17, 15) is 14.4 Å². The Labute approximate surface area is 366 Å². The van der Waals surface area contributed by atoms with Crippen LogP contribution in [0.2, 0.25) is 0 Å². The summed E-state index contributed by atoms with van der Waals surface area (Å²) in [6.45, 7) is 12.8. The molecule has 0 saturated carbocycles. The minimum Gasteiger partial charge on any atom is -0.446 e. The van der Waals surface area contributed by atoms with Crippen molar-refractivity contribution in [1.82, 2.24) is 35.9 Å². The highest BCUT2D eigenvalue weighted by Crippen LogP contribution is 2.33. The van der Waals surface area contributed by atoms with Gasteiger partial charge in [-0.25, -0.2) is 19.9 Å². The lowest BCUT2D eigenvalue weighted by molar-refractivity contribution is -0.211. The third kappa shape index (κ3) is 11.2. The van der Waals surface area contributed by atoms with Crippen molar-refractivity contribution in [2.45, 2.75) is 84.4 Å². The van der Waals surface area contributed by atoms with Gasteiger partial charge in [-0.2, -0.15) is 0 Å². The molecule has 4 aromatic heterocycles. The number of nitrogens with two attached hydrogens (primary N) is 1. The van der Waals surface area contributed by atoms with Crippen molar-refractivity contribution in [2.75, 3.05) is 26.2 Å². The average molecular weight is 928 g/mol. The molecule has 0 fully saturated rings. The van der Waals surface area contributed by atoms with Gasteiger partial charge in [0.15, 0.2) is 22.8 Å². The quantitative estimate of drug-likeness (QED) is 0.0393. The van der Waals surface area contributed by atoms with Crippen molar-refractivity contribution in [3.63, 3.8) is 0 Å². The molecule has 4 atom stereocenters. The van der Waals surface area contributed by atoms with Crippen LogP contribution in [0, 0.1) is 11.8 Å². The second kappa shape index (κ2) is 20.1. The lowest BCUT2D eigenvalue weighted by Crippen LogP contribution is -2.57. The second-order valence-corrected chi connectivity index (χ2v) is 16.4. The van der Waals surface area contributed by atoms with Gasteiger partial charge in [0.2, 0.25) is 29.5 Å². The summed E-state index contributed by atoms with van der Waals surface area (Å²) in [5, 5.41) is 8.86. The highest BCUT2D eigenvalue weighted by Gasteiger charge is 2.39. The smallest absolute Gasteiger partial charge is 0.274 e. The van der Waals surface area contributed by atoms with Crippen LogP contribution >= 0.6 is 28.1 Å². The van der Waals surface area contributed by atoms with Crippen LogP contribution in [0.25, 0.3) is 34.5 Å². The van der Waals surface area contributed by atoms with Crippen molar-refractivity contribution in [3.8, 4) is 34.5 Å². The summed E-state index contributed by atoms with van der Waals surface area (Å²) in [5.41, 5.74) is 6.22. The van der Waals surface area contributed by atoms with Gasteiger partial charge in [0, 0.05) is 19.8 Å². The zero-order chi connectivity index (χ0) is 44.6. The van der Waals surface area contributed by atoms with Gasteiger partial charge in [-0.1, -0.05) is 92.6 Å². The fourth-order valence-electron chi connectivity index (χ4n) is 5.85. The van der Waals surface area contributed by atoms with Crippen molar-refractivity contribution in [2.24, 2.45) is 17.6 Å². The Hall–Kier alpha value is -5.28. The van der Waals surface area contributed by atoms with Crippen molar-refractivity contribution in [3.05, 3.63) is 72.3 Å². The first-order valence-electron chi connectivity index (χ1n) is 19.4. The molecule has 1 unspecified atom stereocenters. The number of nitrogens with zero attached hydrogens (tertiary/aromatic N) is 4. The highest BCUT2D eigenvalue weighted by molar-refractivity contribution is 9.09. The number of alkyl halides is 1. The topological polar surface area (TPSA) is 245 Å². The van der Waals surface area contributed by atoms with Gasteiger partial charge in [-0.15, -0.1) is 0 Å². The fourth-order valence-corrected chi connectivity index (χ4v) is 6.64. The number of carbonyl (C=O) groups excluding carboxylic acids is 3. The molecule has 61 heavy (non-hydrogen) atoms. The minimum absolute atomic E-state index is 0.0243. The van der Waals surface area contributed by atoms with E-state index in [0.29, 0.717) is 12.0 Å². The summed E-state index contributed by atoms with van der Waals surface area (Å²) < 4.78 is 40.2. The Morgan fingerprint density at radius 3 is 2.10 bits per heavy atom. The third-order valence-corrected chi connectivity index (χ3v) is 10.5. The largest absolute Gasteiger partial charge is 0.446 e. The molecule has 0 aliphatic rings. The number of methoxy groups -OCH3 is 2. The molecule has 0 saturated heterocycles. The van der Waals surface area contributed by atoms with Gasteiger partial charge in [-0.05, 0) is 32.6 Å². The summed E-state index contributed by atoms with van der Waals surface area (Å²) in [7, 11) is 2.89. The van der Waals surface area contributed by atoms with E-state index in [1.165, 1.54) is 33.0 Å². The van der Waals surface area contributed by atoms with E-state index >= 15 is 0 Å². The molecule has 1 aromatic carbocycles. The van der Waals surface area contributed by atoms with E-state index in [1.54, 1.807) is 38.1 Å². The van der Waals surface area contributed by atoms with Crippen LogP contribution in [-0.2, 0) is 29.6 Å². The summed E-state index contributed by atoms with van der Waals surface area (Å²) in [6, 6.07) is 5.84. The number of benzene rings is 1. The monoisotopic (exact) mass is 926 g/mol. The molecule has 3 amide bonds. The number of halogens is 1. The molecule has 5 rings (SSSR count). The first-order valence-corrected chi connectivity index (χ1v) is 20.9. The zero-order valence-corrected chi connectivity index (χ0v) is 37.8. The van der Waals surface area contributed by atoms with Crippen LogP contribution in [-0.4, -0.2) is 86.5 Å². The molecule has 5 aromatic rings. The van der Waals surface area contributed by atoms with Crippen molar-refractivity contribution < 1.29 is 46.3 Å². The number of ether oxygens (including phenoxy) is 3. The molecule has 4 heterocycles. The van der Waals surface area contributed by atoms with Crippen LogP contribution in [0.1, 0.15) is 88.9 Å². The number of carbonyl (C=O) groups is 3.